The molecule has 0 atom stereocenters. The molecule has 1 aromatic rings. The van der Waals surface area contributed by atoms with Crippen molar-refractivity contribution in [1.29, 1.82) is 0 Å². The number of aromatic nitrogens is 2. The molecule has 1 aliphatic rings. The summed E-state index contributed by atoms with van der Waals surface area (Å²) in [6, 6.07) is 0. The summed E-state index contributed by atoms with van der Waals surface area (Å²) in [5.41, 5.74) is -0.0823. The Kier molecular flexibility index (Phi) is 3.94. The molecular weight excluding hydrogens is 258 g/mol. The summed E-state index contributed by atoms with van der Waals surface area (Å²) >= 11 is 0. The zero-order chi connectivity index (χ0) is 14.9. The van der Waals surface area contributed by atoms with Gasteiger partial charge in [-0.3, -0.25) is 0 Å². The number of piperidine rings is 1. The van der Waals surface area contributed by atoms with Gasteiger partial charge in [0.25, 0.3) is 0 Å². The van der Waals surface area contributed by atoms with Crippen LogP contribution in [0.4, 0.5) is 5.69 Å². The van der Waals surface area contributed by atoms with Gasteiger partial charge in [0, 0.05) is 19.0 Å². The van der Waals surface area contributed by atoms with Gasteiger partial charge in [-0.05, 0) is 19.8 Å². The number of carboxylic acid groups (broad SMARTS) is 1. The summed E-state index contributed by atoms with van der Waals surface area (Å²) < 4.78 is 0. The number of anilines is 1. The van der Waals surface area contributed by atoms with E-state index in [4.69, 9.17) is 0 Å². The Bertz CT molecular complexity index is 504. The number of hydrogen-bond donors (Lipinski definition) is 2. The van der Waals surface area contributed by atoms with E-state index < -0.39 is 11.6 Å². The van der Waals surface area contributed by atoms with Crippen molar-refractivity contribution in [1.82, 2.24) is 9.97 Å². The molecule has 6 heteroatoms. The molecule has 2 N–H and O–H groups in total. The molecule has 1 aliphatic heterocycles. The first-order chi connectivity index (χ1) is 9.30. The van der Waals surface area contributed by atoms with Crippen molar-refractivity contribution in [2.75, 3.05) is 18.0 Å². The number of hydrogen-bond acceptors (Lipinski definition) is 5. The van der Waals surface area contributed by atoms with E-state index in [0.29, 0.717) is 37.4 Å². The lowest BCUT2D eigenvalue weighted by molar-refractivity contribution is 0.0351. The molecule has 0 aromatic carbocycles. The molecule has 6 nitrogen and oxygen atoms in total. The van der Waals surface area contributed by atoms with Crippen LogP contribution in [-0.2, 0) is 0 Å². The first-order valence-corrected chi connectivity index (χ1v) is 6.88. The van der Waals surface area contributed by atoms with Crippen LogP contribution in [0, 0.1) is 0 Å². The third kappa shape index (κ3) is 3.07. The maximum Gasteiger partial charge on any atom is 0.356 e. The highest BCUT2D eigenvalue weighted by atomic mass is 16.4. The molecule has 0 bridgehead atoms. The fraction of sp³-hybridized carbons (Fsp3) is 0.643. The van der Waals surface area contributed by atoms with E-state index in [0.717, 1.165) is 0 Å². The number of carbonyl (C=O) groups is 1. The number of aliphatic hydroxyl groups is 1. The van der Waals surface area contributed by atoms with Crippen molar-refractivity contribution in [3.05, 3.63) is 17.7 Å². The van der Waals surface area contributed by atoms with Crippen LogP contribution in [0.1, 0.15) is 55.8 Å². The average Bonchev–Trinajstić information content (AvgIpc) is 2.38. The highest BCUT2D eigenvalue weighted by molar-refractivity contribution is 5.92. The molecule has 2 heterocycles. The molecule has 1 saturated heterocycles. The predicted molar refractivity (Wildman–Crippen MR) is 75.2 cm³/mol. The van der Waals surface area contributed by atoms with E-state index in [2.05, 4.69) is 9.97 Å². The van der Waals surface area contributed by atoms with Crippen LogP contribution < -0.4 is 4.90 Å². The van der Waals surface area contributed by atoms with Crippen molar-refractivity contribution < 1.29 is 15.0 Å². The van der Waals surface area contributed by atoms with E-state index >= 15 is 0 Å². The summed E-state index contributed by atoms with van der Waals surface area (Å²) in [6.07, 6.45) is 2.81. The van der Waals surface area contributed by atoms with E-state index in [1.54, 1.807) is 13.1 Å². The maximum atomic E-state index is 11.4. The van der Waals surface area contributed by atoms with E-state index in [-0.39, 0.29) is 11.6 Å². The van der Waals surface area contributed by atoms with E-state index in [9.17, 15) is 15.0 Å². The molecule has 20 heavy (non-hydrogen) atoms. The van der Waals surface area contributed by atoms with Gasteiger partial charge in [-0.25, -0.2) is 14.8 Å². The van der Waals surface area contributed by atoms with Crippen LogP contribution in [0.2, 0.25) is 0 Å². The highest BCUT2D eigenvalue weighted by Gasteiger charge is 2.30. The number of aromatic carboxylic acids is 1. The van der Waals surface area contributed by atoms with Crippen LogP contribution in [0.5, 0.6) is 0 Å². The smallest absolute Gasteiger partial charge is 0.356 e. The second-order valence-electron chi connectivity index (χ2n) is 5.91. The van der Waals surface area contributed by atoms with Gasteiger partial charge in [0.15, 0.2) is 5.69 Å². The van der Waals surface area contributed by atoms with Gasteiger partial charge >= 0.3 is 5.97 Å². The Hall–Kier alpha value is -1.69. The molecule has 110 valence electrons. The quantitative estimate of drug-likeness (QED) is 0.875. The first-order valence-electron chi connectivity index (χ1n) is 6.88. The molecule has 1 aromatic heterocycles. The minimum Gasteiger partial charge on any atom is -0.476 e. The van der Waals surface area contributed by atoms with Gasteiger partial charge in [-0.15, -0.1) is 0 Å². The molecule has 2 rings (SSSR count). The normalized spacial score (nSPS) is 18.4. The summed E-state index contributed by atoms with van der Waals surface area (Å²) in [4.78, 5) is 21.8. The Morgan fingerprint density at radius 2 is 2.00 bits per heavy atom. The lowest BCUT2D eigenvalue weighted by Gasteiger charge is -2.37. The van der Waals surface area contributed by atoms with Gasteiger partial charge in [0.2, 0.25) is 0 Å². The SMILES string of the molecule is CC(C)c1ncc(N2CCC(C)(O)CC2)c(C(=O)O)n1. The summed E-state index contributed by atoms with van der Waals surface area (Å²) in [5.74, 6) is -0.416. The van der Waals surface area contributed by atoms with Crippen LogP contribution in [-0.4, -0.2) is 44.8 Å². The van der Waals surface area contributed by atoms with Crippen LogP contribution in [0.25, 0.3) is 0 Å². The Morgan fingerprint density at radius 3 is 2.50 bits per heavy atom. The summed E-state index contributed by atoms with van der Waals surface area (Å²) in [7, 11) is 0. The fourth-order valence-corrected chi connectivity index (χ4v) is 2.29. The number of carboxylic acids is 1. The standard InChI is InChI=1S/C14H21N3O3/c1-9(2)12-15-8-10(11(16-12)13(18)19)17-6-4-14(3,20)5-7-17/h8-9,20H,4-7H2,1-3H3,(H,18,19). The summed E-state index contributed by atoms with van der Waals surface area (Å²) in [6.45, 7) is 6.88. The van der Waals surface area contributed by atoms with Crippen LogP contribution in [0.3, 0.4) is 0 Å². The van der Waals surface area contributed by atoms with Gasteiger partial charge in [0.05, 0.1) is 17.5 Å². The zero-order valence-corrected chi connectivity index (χ0v) is 12.1. The van der Waals surface area contributed by atoms with Gasteiger partial charge < -0.3 is 15.1 Å². The van der Waals surface area contributed by atoms with Gasteiger partial charge in [-0.2, -0.15) is 0 Å². The molecule has 0 saturated carbocycles. The van der Waals surface area contributed by atoms with Crippen molar-refractivity contribution in [3.8, 4) is 0 Å². The largest absolute Gasteiger partial charge is 0.476 e. The molecule has 0 unspecified atom stereocenters. The Morgan fingerprint density at radius 1 is 1.40 bits per heavy atom. The Labute approximate surface area is 118 Å². The molecule has 0 spiro atoms. The number of rotatable bonds is 3. The fourth-order valence-electron chi connectivity index (χ4n) is 2.29. The lowest BCUT2D eigenvalue weighted by Crippen LogP contribution is -2.43. The maximum absolute atomic E-state index is 11.4. The van der Waals surface area contributed by atoms with Crippen molar-refractivity contribution in [2.24, 2.45) is 0 Å². The third-order valence-electron chi connectivity index (χ3n) is 3.69. The van der Waals surface area contributed by atoms with Crippen molar-refractivity contribution in [3.63, 3.8) is 0 Å². The number of nitrogens with zero attached hydrogens (tertiary/aromatic N) is 3. The van der Waals surface area contributed by atoms with Crippen molar-refractivity contribution >= 4 is 11.7 Å². The van der Waals surface area contributed by atoms with E-state index in [1.165, 1.54) is 0 Å². The second-order valence-corrected chi connectivity index (χ2v) is 5.91. The van der Waals surface area contributed by atoms with Gasteiger partial charge in [-0.1, -0.05) is 13.8 Å². The lowest BCUT2D eigenvalue weighted by atomic mass is 9.93. The van der Waals surface area contributed by atoms with E-state index in [1.807, 2.05) is 18.7 Å². The molecule has 0 amide bonds. The Balaban J connectivity index is 2.30. The molecule has 0 radical (unpaired) electrons. The predicted octanol–water partition coefficient (Wildman–Crippen LogP) is 1.65. The summed E-state index contributed by atoms with van der Waals surface area (Å²) in [5, 5.41) is 19.3. The second kappa shape index (κ2) is 5.36. The van der Waals surface area contributed by atoms with Crippen LogP contribution >= 0.6 is 0 Å². The third-order valence-corrected chi connectivity index (χ3v) is 3.69. The molecular formula is C14H21N3O3. The zero-order valence-electron chi connectivity index (χ0n) is 12.1. The van der Waals surface area contributed by atoms with Crippen molar-refractivity contribution in [2.45, 2.75) is 45.1 Å². The molecule has 1 fully saturated rings. The minimum atomic E-state index is -1.04. The minimum absolute atomic E-state index is 0.0465. The van der Waals surface area contributed by atoms with Gasteiger partial charge in [0.1, 0.15) is 5.82 Å². The highest BCUT2D eigenvalue weighted by Crippen LogP contribution is 2.27. The topological polar surface area (TPSA) is 86.5 Å². The van der Waals surface area contributed by atoms with Crippen LogP contribution in [0.15, 0.2) is 6.20 Å². The molecule has 0 aliphatic carbocycles. The average molecular weight is 279 g/mol. The first kappa shape index (κ1) is 14.7. The monoisotopic (exact) mass is 279 g/mol.